The molecule has 0 bridgehead atoms. The Bertz CT molecular complexity index is 989. The van der Waals surface area contributed by atoms with Crippen LogP contribution in [0.4, 0.5) is 0 Å². The molecular formula is C27H30O7. The molecule has 0 radical (unpaired) electrons. The third-order valence-corrected chi connectivity index (χ3v) is 4.69. The third-order valence-electron chi connectivity index (χ3n) is 4.69. The van der Waals surface area contributed by atoms with Crippen LogP contribution >= 0.6 is 0 Å². The lowest BCUT2D eigenvalue weighted by Gasteiger charge is -2.07. The van der Waals surface area contributed by atoms with Gasteiger partial charge in [0.05, 0.1) is 25.9 Å². The number of rotatable bonds is 13. The SMILES string of the molecule is C=C(C)C(=O)OCCCCCCOC(=O)c1ccc(OC(=O)C=Cc2ccc(OC)cc2)cc1. The Kier molecular flexibility index (Phi) is 11.1. The minimum atomic E-state index is -0.527. The molecule has 2 rings (SSSR count). The average molecular weight is 467 g/mol. The fraction of sp³-hybridized carbons (Fsp3) is 0.296. The monoisotopic (exact) mass is 466 g/mol. The zero-order valence-corrected chi connectivity index (χ0v) is 19.6. The van der Waals surface area contributed by atoms with E-state index in [0.29, 0.717) is 30.1 Å². The zero-order valence-electron chi connectivity index (χ0n) is 19.6. The average Bonchev–Trinajstić information content (AvgIpc) is 2.84. The molecule has 2 aromatic rings. The van der Waals surface area contributed by atoms with Crippen LogP contribution < -0.4 is 9.47 Å². The number of carbonyl (C=O) groups excluding carboxylic acids is 3. The minimum Gasteiger partial charge on any atom is -0.497 e. The lowest BCUT2D eigenvalue weighted by molar-refractivity contribution is -0.139. The standard InChI is InChI=1S/C27H30O7/c1-20(2)26(29)32-18-6-4-5-7-19-33-27(30)22-11-15-24(16-12-22)34-25(28)17-10-21-8-13-23(31-3)14-9-21/h8-17H,1,4-7,18-19H2,2-3H3. The van der Waals surface area contributed by atoms with Crippen LogP contribution in [0.2, 0.25) is 0 Å². The Balaban J connectivity index is 1.65. The summed E-state index contributed by atoms with van der Waals surface area (Å²) in [6.07, 6.45) is 6.17. The second-order valence-electron chi connectivity index (χ2n) is 7.52. The zero-order chi connectivity index (χ0) is 24.8. The number of hydrogen-bond donors (Lipinski definition) is 0. The summed E-state index contributed by atoms with van der Waals surface area (Å²) in [6.45, 7) is 5.80. The van der Waals surface area contributed by atoms with Gasteiger partial charge in [-0.3, -0.25) is 0 Å². The predicted molar refractivity (Wildman–Crippen MR) is 129 cm³/mol. The van der Waals surface area contributed by atoms with Gasteiger partial charge in [-0.25, -0.2) is 14.4 Å². The van der Waals surface area contributed by atoms with Gasteiger partial charge >= 0.3 is 17.9 Å². The smallest absolute Gasteiger partial charge is 0.338 e. The van der Waals surface area contributed by atoms with Crippen molar-refractivity contribution in [2.75, 3.05) is 20.3 Å². The van der Waals surface area contributed by atoms with E-state index in [9.17, 15) is 14.4 Å². The van der Waals surface area contributed by atoms with Crippen molar-refractivity contribution in [2.24, 2.45) is 0 Å². The molecule has 180 valence electrons. The third kappa shape index (κ3) is 9.73. The van der Waals surface area contributed by atoms with E-state index in [-0.39, 0.29) is 5.97 Å². The summed E-state index contributed by atoms with van der Waals surface area (Å²) in [5, 5.41) is 0. The lowest BCUT2D eigenvalue weighted by Crippen LogP contribution is -2.08. The second-order valence-corrected chi connectivity index (χ2v) is 7.52. The molecule has 0 saturated heterocycles. The van der Waals surface area contributed by atoms with Crippen molar-refractivity contribution in [3.8, 4) is 11.5 Å². The van der Waals surface area contributed by atoms with E-state index in [1.807, 2.05) is 12.1 Å². The molecule has 0 aliphatic carbocycles. The molecule has 0 spiro atoms. The maximum Gasteiger partial charge on any atom is 0.338 e. The first-order valence-electron chi connectivity index (χ1n) is 11.0. The number of ether oxygens (including phenoxy) is 4. The van der Waals surface area contributed by atoms with Crippen LogP contribution in [-0.4, -0.2) is 38.2 Å². The van der Waals surface area contributed by atoms with E-state index < -0.39 is 11.9 Å². The maximum atomic E-state index is 12.1. The van der Waals surface area contributed by atoms with Crippen molar-refractivity contribution in [3.05, 3.63) is 77.9 Å². The van der Waals surface area contributed by atoms with Gasteiger partial charge in [-0.05, 0) is 80.6 Å². The quantitative estimate of drug-likeness (QED) is 0.175. The fourth-order valence-corrected chi connectivity index (χ4v) is 2.78. The lowest BCUT2D eigenvalue weighted by atomic mass is 10.2. The largest absolute Gasteiger partial charge is 0.497 e. The van der Waals surface area contributed by atoms with Crippen LogP contribution in [0.15, 0.2) is 66.8 Å². The Morgan fingerprint density at radius 1 is 0.824 bits per heavy atom. The van der Waals surface area contributed by atoms with Crippen molar-refractivity contribution in [1.82, 2.24) is 0 Å². The number of methoxy groups -OCH3 is 1. The van der Waals surface area contributed by atoms with Gasteiger partial charge in [0.25, 0.3) is 0 Å². The van der Waals surface area contributed by atoms with E-state index in [4.69, 9.17) is 18.9 Å². The summed E-state index contributed by atoms with van der Waals surface area (Å²) in [5.74, 6) is -0.279. The Labute approximate surface area is 200 Å². The van der Waals surface area contributed by atoms with E-state index in [1.165, 1.54) is 6.08 Å². The van der Waals surface area contributed by atoms with Gasteiger partial charge in [0.15, 0.2) is 0 Å². The molecular weight excluding hydrogens is 436 g/mol. The second kappa shape index (κ2) is 14.3. The molecule has 0 heterocycles. The molecule has 7 heteroatoms. The minimum absolute atomic E-state index is 0.303. The normalized spacial score (nSPS) is 10.5. The van der Waals surface area contributed by atoms with E-state index in [2.05, 4.69) is 6.58 Å². The van der Waals surface area contributed by atoms with Gasteiger partial charge in [0.2, 0.25) is 0 Å². The highest BCUT2D eigenvalue weighted by Gasteiger charge is 2.08. The molecule has 0 aliphatic heterocycles. The number of benzene rings is 2. The van der Waals surface area contributed by atoms with E-state index >= 15 is 0 Å². The molecule has 0 saturated carbocycles. The molecule has 2 aromatic carbocycles. The van der Waals surface area contributed by atoms with Gasteiger partial charge in [-0.15, -0.1) is 0 Å². The molecule has 7 nitrogen and oxygen atoms in total. The van der Waals surface area contributed by atoms with Gasteiger partial charge < -0.3 is 18.9 Å². The highest BCUT2D eigenvalue weighted by atomic mass is 16.5. The van der Waals surface area contributed by atoms with Crippen LogP contribution in [0.25, 0.3) is 6.08 Å². The Hall–Kier alpha value is -3.87. The van der Waals surface area contributed by atoms with Crippen molar-refractivity contribution in [2.45, 2.75) is 32.6 Å². The van der Waals surface area contributed by atoms with Gasteiger partial charge in [-0.2, -0.15) is 0 Å². The highest BCUT2D eigenvalue weighted by molar-refractivity contribution is 5.90. The van der Waals surface area contributed by atoms with Gasteiger partial charge in [0.1, 0.15) is 11.5 Å². The predicted octanol–water partition coefficient (Wildman–Crippen LogP) is 5.15. The molecule has 0 fully saturated rings. The van der Waals surface area contributed by atoms with Crippen LogP contribution in [0.1, 0.15) is 48.5 Å². The summed E-state index contributed by atoms with van der Waals surface area (Å²) >= 11 is 0. The molecule has 34 heavy (non-hydrogen) atoms. The molecule has 0 aliphatic rings. The molecule has 0 N–H and O–H groups in total. The number of hydrogen-bond acceptors (Lipinski definition) is 7. The Morgan fingerprint density at radius 3 is 2.00 bits per heavy atom. The molecule has 0 unspecified atom stereocenters. The summed E-state index contributed by atoms with van der Waals surface area (Å²) in [7, 11) is 1.59. The molecule has 0 atom stereocenters. The van der Waals surface area contributed by atoms with Crippen LogP contribution in [-0.2, 0) is 19.1 Å². The molecule has 0 aromatic heterocycles. The van der Waals surface area contributed by atoms with Crippen LogP contribution in [0.3, 0.4) is 0 Å². The maximum absolute atomic E-state index is 12.1. The number of unbranched alkanes of at least 4 members (excludes halogenated alkanes) is 3. The number of esters is 3. The summed E-state index contributed by atoms with van der Waals surface area (Å²) in [5.41, 5.74) is 1.60. The molecule has 0 amide bonds. The fourth-order valence-electron chi connectivity index (χ4n) is 2.78. The number of carbonyl (C=O) groups is 3. The van der Waals surface area contributed by atoms with Crippen molar-refractivity contribution < 1.29 is 33.3 Å². The van der Waals surface area contributed by atoms with Gasteiger partial charge in [0, 0.05) is 11.6 Å². The van der Waals surface area contributed by atoms with Crippen molar-refractivity contribution in [1.29, 1.82) is 0 Å². The Morgan fingerprint density at radius 2 is 1.41 bits per heavy atom. The summed E-state index contributed by atoms with van der Waals surface area (Å²) < 4.78 is 20.6. The topological polar surface area (TPSA) is 88.1 Å². The summed E-state index contributed by atoms with van der Waals surface area (Å²) in [4.78, 5) is 35.4. The van der Waals surface area contributed by atoms with E-state index in [0.717, 1.165) is 37.0 Å². The first kappa shape index (κ1) is 26.4. The first-order valence-corrected chi connectivity index (χ1v) is 11.0. The highest BCUT2D eigenvalue weighted by Crippen LogP contribution is 2.15. The van der Waals surface area contributed by atoms with Crippen LogP contribution in [0.5, 0.6) is 11.5 Å². The van der Waals surface area contributed by atoms with Crippen LogP contribution in [0, 0.1) is 0 Å². The van der Waals surface area contributed by atoms with Crippen molar-refractivity contribution >= 4 is 24.0 Å². The van der Waals surface area contributed by atoms with Crippen molar-refractivity contribution in [3.63, 3.8) is 0 Å². The summed E-state index contributed by atoms with van der Waals surface area (Å²) in [6, 6.07) is 13.4. The van der Waals surface area contributed by atoms with Gasteiger partial charge in [-0.1, -0.05) is 18.7 Å². The van der Waals surface area contributed by atoms with E-state index in [1.54, 1.807) is 56.5 Å². The first-order chi connectivity index (χ1) is 16.4.